The standard InChI is InChI=1S/C17H13BrO2/c1-10-5-3-4-6-13(10)16-11(2)20-15-8-7-12(18)9-14(15)17(16)19/h3-9H,1-2H3. The maximum absolute atomic E-state index is 12.8. The topological polar surface area (TPSA) is 30.2 Å². The van der Waals surface area contributed by atoms with Crippen LogP contribution in [0.4, 0.5) is 0 Å². The minimum Gasteiger partial charge on any atom is -0.460 e. The maximum Gasteiger partial charge on any atom is 0.200 e. The smallest absolute Gasteiger partial charge is 0.200 e. The Balaban J connectivity index is 2.43. The van der Waals surface area contributed by atoms with E-state index in [9.17, 15) is 4.79 Å². The van der Waals surface area contributed by atoms with E-state index in [-0.39, 0.29) is 5.43 Å². The zero-order valence-corrected chi connectivity index (χ0v) is 12.8. The van der Waals surface area contributed by atoms with Crippen LogP contribution in [0.3, 0.4) is 0 Å². The molecule has 1 heterocycles. The molecule has 3 rings (SSSR count). The second kappa shape index (κ2) is 4.91. The fourth-order valence-electron chi connectivity index (χ4n) is 2.44. The van der Waals surface area contributed by atoms with E-state index in [1.54, 1.807) is 0 Å². The van der Waals surface area contributed by atoms with Crippen molar-refractivity contribution in [2.45, 2.75) is 13.8 Å². The third-order valence-electron chi connectivity index (χ3n) is 3.44. The van der Waals surface area contributed by atoms with Gasteiger partial charge in [0.25, 0.3) is 0 Å². The third kappa shape index (κ3) is 2.08. The molecule has 0 amide bonds. The Bertz CT molecular complexity index is 862. The van der Waals surface area contributed by atoms with Gasteiger partial charge in [-0.05, 0) is 43.2 Å². The molecular weight excluding hydrogens is 316 g/mol. The van der Waals surface area contributed by atoms with Gasteiger partial charge < -0.3 is 4.42 Å². The summed E-state index contributed by atoms with van der Waals surface area (Å²) in [6, 6.07) is 13.4. The summed E-state index contributed by atoms with van der Waals surface area (Å²) in [5, 5.41) is 0.600. The summed E-state index contributed by atoms with van der Waals surface area (Å²) in [6.07, 6.45) is 0. The van der Waals surface area contributed by atoms with Gasteiger partial charge >= 0.3 is 0 Å². The van der Waals surface area contributed by atoms with Crippen LogP contribution in [0.2, 0.25) is 0 Å². The van der Waals surface area contributed by atoms with Crippen LogP contribution in [0, 0.1) is 13.8 Å². The summed E-state index contributed by atoms with van der Waals surface area (Å²) in [7, 11) is 0. The number of fused-ring (bicyclic) bond motifs is 1. The van der Waals surface area contributed by atoms with Crippen molar-refractivity contribution in [2.75, 3.05) is 0 Å². The Morgan fingerprint density at radius 1 is 1.05 bits per heavy atom. The third-order valence-corrected chi connectivity index (χ3v) is 3.94. The number of aryl methyl sites for hydroxylation is 2. The van der Waals surface area contributed by atoms with Crippen LogP contribution < -0.4 is 5.43 Å². The van der Waals surface area contributed by atoms with Gasteiger partial charge in [-0.3, -0.25) is 4.79 Å². The van der Waals surface area contributed by atoms with Crippen molar-refractivity contribution in [3.05, 3.63) is 68.5 Å². The van der Waals surface area contributed by atoms with Crippen LogP contribution in [-0.4, -0.2) is 0 Å². The van der Waals surface area contributed by atoms with Crippen molar-refractivity contribution < 1.29 is 4.42 Å². The van der Waals surface area contributed by atoms with Gasteiger partial charge in [-0.1, -0.05) is 40.2 Å². The molecule has 0 spiro atoms. The summed E-state index contributed by atoms with van der Waals surface area (Å²) < 4.78 is 6.69. The first kappa shape index (κ1) is 13.1. The largest absolute Gasteiger partial charge is 0.460 e. The molecule has 2 aromatic carbocycles. The molecule has 3 aromatic rings. The van der Waals surface area contributed by atoms with Crippen LogP contribution in [-0.2, 0) is 0 Å². The van der Waals surface area contributed by atoms with E-state index in [0.29, 0.717) is 22.3 Å². The van der Waals surface area contributed by atoms with E-state index in [1.165, 1.54) is 0 Å². The number of benzene rings is 2. The lowest BCUT2D eigenvalue weighted by molar-refractivity contribution is 0.567. The summed E-state index contributed by atoms with van der Waals surface area (Å²) >= 11 is 3.40. The molecule has 0 saturated heterocycles. The van der Waals surface area contributed by atoms with Crippen LogP contribution in [0.1, 0.15) is 11.3 Å². The van der Waals surface area contributed by atoms with Crippen LogP contribution in [0.15, 0.2) is 56.1 Å². The van der Waals surface area contributed by atoms with Gasteiger partial charge in [-0.15, -0.1) is 0 Å². The molecule has 2 nitrogen and oxygen atoms in total. The monoisotopic (exact) mass is 328 g/mol. The molecular formula is C17H13BrO2. The number of hydrogen-bond donors (Lipinski definition) is 0. The highest BCUT2D eigenvalue weighted by atomic mass is 79.9. The molecule has 0 N–H and O–H groups in total. The molecule has 0 bridgehead atoms. The fraction of sp³-hybridized carbons (Fsp3) is 0.118. The normalized spacial score (nSPS) is 10.9. The Hall–Kier alpha value is -1.87. The highest BCUT2D eigenvalue weighted by Gasteiger charge is 2.14. The molecule has 20 heavy (non-hydrogen) atoms. The van der Waals surface area contributed by atoms with E-state index >= 15 is 0 Å². The highest BCUT2D eigenvalue weighted by molar-refractivity contribution is 9.10. The van der Waals surface area contributed by atoms with Crippen molar-refractivity contribution in [2.24, 2.45) is 0 Å². The van der Waals surface area contributed by atoms with Crippen molar-refractivity contribution in [3.63, 3.8) is 0 Å². The summed E-state index contributed by atoms with van der Waals surface area (Å²) in [6.45, 7) is 3.84. The number of halogens is 1. The molecule has 0 fully saturated rings. The zero-order chi connectivity index (χ0) is 14.3. The lowest BCUT2D eigenvalue weighted by atomic mass is 9.98. The Kier molecular flexibility index (Phi) is 3.22. The zero-order valence-electron chi connectivity index (χ0n) is 11.2. The van der Waals surface area contributed by atoms with Crippen molar-refractivity contribution in [3.8, 4) is 11.1 Å². The average molecular weight is 329 g/mol. The van der Waals surface area contributed by atoms with E-state index in [1.807, 2.05) is 56.3 Å². The molecule has 1 aromatic heterocycles. The minimum absolute atomic E-state index is 0.0133. The Morgan fingerprint density at radius 2 is 1.80 bits per heavy atom. The van der Waals surface area contributed by atoms with Gasteiger partial charge in [0.1, 0.15) is 11.3 Å². The van der Waals surface area contributed by atoms with Gasteiger partial charge in [0.05, 0.1) is 10.9 Å². The SMILES string of the molecule is Cc1ccccc1-c1c(C)oc2ccc(Br)cc2c1=O. The summed E-state index contributed by atoms with van der Waals surface area (Å²) in [4.78, 5) is 12.8. The predicted molar refractivity (Wildman–Crippen MR) is 85.1 cm³/mol. The van der Waals surface area contributed by atoms with Gasteiger partial charge in [-0.2, -0.15) is 0 Å². The first-order valence-corrected chi connectivity index (χ1v) is 7.16. The number of rotatable bonds is 1. The van der Waals surface area contributed by atoms with Gasteiger partial charge in [0, 0.05) is 4.47 Å². The summed E-state index contributed by atoms with van der Waals surface area (Å²) in [5.74, 6) is 0.652. The molecule has 3 heteroatoms. The molecule has 0 aliphatic heterocycles. The fourth-order valence-corrected chi connectivity index (χ4v) is 2.81. The Labute approximate surface area is 125 Å². The lowest BCUT2D eigenvalue weighted by Gasteiger charge is -2.09. The molecule has 0 aliphatic carbocycles. The van der Waals surface area contributed by atoms with E-state index in [0.717, 1.165) is 15.6 Å². The highest BCUT2D eigenvalue weighted by Crippen LogP contribution is 2.27. The maximum atomic E-state index is 12.8. The molecule has 100 valence electrons. The lowest BCUT2D eigenvalue weighted by Crippen LogP contribution is -2.08. The van der Waals surface area contributed by atoms with E-state index in [2.05, 4.69) is 15.9 Å². The second-order valence-electron chi connectivity index (χ2n) is 4.82. The van der Waals surface area contributed by atoms with Gasteiger partial charge in [0.2, 0.25) is 5.43 Å². The first-order valence-electron chi connectivity index (χ1n) is 6.37. The van der Waals surface area contributed by atoms with E-state index in [4.69, 9.17) is 4.42 Å². The van der Waals surface area contributed by atoms with Gasteiger partial charge in [-0.25, -0.2) is 0 Å². The van der Waals surface area contributed by atoms with Crippen LogP contribution >= 0.6 is 15.9 Å². The summed E-state index contributed by atoms with van der Waals surface area (Å²) in [5.41, 5.74) is 3.28. The van der Waals surface area contributed by atoms with E-state index < -0.39 is 0 Å². The first-order chi connectivity index (χ1) is 9.58. The molecule has 0 aliphatic rings. The molecule has 0 atom stereocenters. The Morgan fingerprint density at radius 3 is 2.55 bits per heavy atom. The minimum atomic E-state index is 0.0133. The van der Waals surface area contributed by atoms with Crippen molar-refractivity contribution in [1.82, 2.24) is 0 Å². The van der Waals surface area contributed by atoms with Gasteiger partial charge in [0.15, 0.2) is 0 Å². The quantitative estimate of drug-likeness (QED) is 0.639. The van der Waals surface area contributed by atoms with Crippen molar-refractivity contribution in [1.29, 1.82) is 0 Å². The van der Waals surface area contributed by atoms with Crippen LogP contribution in [0.25, 0.3) is 22.1 Å². The second-order valence-corrected chi connectivity index (χ2v) is 5.73. The van der Waals surface area contributed by atoms with Crippen LogP contribution in [0.5, 0.6) is 0 Å². The number of hydrogen-bond acceptors (Lipinski definition) is 2. The van der Waals surface area contributed by atoms with Crippen molar-refractivity contribution >= 4 is 26.9 Å². The molecule has 0 saturated carbocycles. The predicted octanol–water partition coefficient (Wildman–Crippen LogP) is 4.84. The molecule has 0 unspecified atom stereocenters. The average Bonchev–Trinajstić information content (AvgIpc) is 2.42. The molecule has 0 radical (unpaired) electrons.